The molecule has 0 aliphatic rings. The number of carbonyl (C=O) groups is 1. The molecule has 27 heavy (non-hydrogen) atoms. The van der Waals surface area contributed by atoms with Crippen molar-refractivity contribution in [1.82, 2.24) is 4.57 Å². The van der Waals surface area contributed by atoms with E-state index < -0.39 is 0 Å². The number of aromatic nitrogens is 1. The zero-order valence-electron chi connectivity index (χ0n) is 14.6. The third-order valence-corrected chi connectivity index (χ3v) is 5.79. The maximum absolute atomic E-state index is 12.7. The Kier molecular flexibility index (Phi) is 4.37. The molecule has 0 spiro atoms. The van der Waals surface area contributed by atoms with Crippen LogP contribution in [0.2, 0.25) is 5.02 Å². The van der Waals surface area contributed by atoms with Crippen LogP contribution in [0.5, 0.6) is 5.75 Å². The molecular formula is C20H15ClN2O3S. The van der Waals surface area contributed by atoms with E-state index in [4.69, 9.17) is 16.3 Å². The maximum atomic E-state index is 12.7. The van der Waals surface area contributed by atoms with Gasteiger partial charge in [0.1, 0.15) is 5.75 Å². The van der Waals surface area contributed by atoms with Crippen LogP contribution < -0.4 is 15.6 Å². The number of hydrogen-bond acceptors (Lipinski definition) is 4. The van der Waals surface area contributed by atoms with Gasteiger partial charge in [0.2, 0.25) is 0 Å². The second-order valence-electron chi connectivity index (χ2n) is 6.07. The number of benzene rings is 2. The summed E-state index contributed by atoms with van der Waals surface area (Å²) in [6.45, 7) is 0. The molecule has 7 heteroatoms. The first-order valence-electron chi connectivity index (χ1n) is 8.15. The first-order valence-corrected chi connectivity index (χ1v) is 9.34. The van der Waals surface area contributed by atoms with Gasteiger partial charge in [-0.1, -0.05) is 17.7 Å². The Labute approximate surface area is 163 Å². The summed E-state index contributed by atoms with van der Waals surface area (Å²) >= 11 is 7.37. The van der Waals surface area contributed by atoms with Gasteiger partial charge in [-0.25, -0.2) is 0 Å². The maximum Gasteiger partial charge on any atom is 0.265 e. The van der Waals surface area contributed by atoms with Gasteiger partial charge in [0.05, 0.1) is 22.9 Å². The molecule has 0 aliphatic carbocycles. The molecule has 2 aromatic heterocycles. The molecule has 0 aliphatic heterocycles. The van der Waals surface area contributed by atoms with Crippen molar-refractivity contribution in [2.75, 3.05) is 12.4 Å². The van der Waals surface area contributed by atoms with E-state index in [0.717, 1.165) is 15.6 Å². The van der Waals surface area contributed by atoms with E-state index >= 15 is 0 Å². The van der Waals surface area contributed by atoms with Gasteiger partial charge >= 0.3 is 0 Å². The molecule has 1 N–H and O–H groups in total. The Morgan fingerprint density at radius 3 is 2.74 bits per heavy atom. The molecule has 0 fully saturated rings. The molecule has 0 unspecified atom stereocenters. The van der Waals surface area contributed by atoms with Crippen LogP contribution in [0.4, 0.5) is 5.69 Å². The Hall–Kier alpha value is -2.83. The smallest absolute Gasteiger partial charge is 0.265 e. The molecular weight excluding hydrogens is 384 g/mol. The summed E-state index contributed by atoms with van der Waals surface area (Å²) < 4.78 is 7.51. The number of ether oxygens (including phenoxy) is 1. The van der Waals surface area contributed by atoms with Gasteiger partial charge in [0.25, 0.3) is 11.5 Å². The van der Waals surface area contributed by atoms with Crippen molar-refractivity contribution in [2.45, 2.75) is 0 Å². The Morgan fingerprint density at radius 2 is 1.96 bits per heavy atom. The third-order valence-electron chi connectivity index (χ3n) is 4.38. The van der Waals surface area contributed by atoms with Crippen molar-refractivity contribution in [3.05, 3.63) is 68.8 Å². The Bertz CT molecular complexity index is 1260. The summed E-state index contributed by atoms with van der Waals surface area (Å²) in [5.41, 5.74) is 1.21. The van der Waals surface area contributed by atoms with Crippen LogP contribution >= 0.6 is 22.9 Å². The highest BCUT2D eigenvalue weighted by Gasteiger charge is 2.17. The monoisotopic (exact) mass is 398 g/mol. The van der Waals surface area contributed by atoms with Crippen molar-refractivity contribution in [3.8, 4) is 5.75 Å². The van der Waals surface area contributed by atoms with Crippen LogP contribution in [-0.2, 0) is 7.05 Å². The van der Waals surface area contributed by atoms with Crippen molar-refractivity contribution in [2.24, 2.45) is 7.05 Å². The van der Waals surface area contributed by atoms with Crippen LogP contribution in [0.1, 0.15) is 9.67 Å². The van der Waals surface area contributed by atoms with E-state index in [1.54, 1.807) is 61.2 Å². The standard InChI is InChI=1S/C20H15ClN2O3S/c1-23-16-8-11(21)6-7-14(16)18-15(20(23)25)10-17(27-18)19(24)22-12-4-3-5-13(9-12)26-2/h3-10H,1-2H3,(H,22,24). The fourth-order valence-corrected chi connectivity index (χ4v) is 4.27. The topological polar surface area (TPSA) is 60.3 Å². The van der Waals surface area contributed by atoms with E-state index in [-0.39, 0.29) is 11.5 Å². The molecule has 136 valence electrons. The van der Waals surface area contributed by atoms with Gasteiger partial charge in [-0.05, 0) is 36.4 Å². The van der Waals surface area contributed by atoms with Crippen LogP contribution in [0.15, 0.2) is 53.3 Å². The molecule has 0 radical (unpaired) electrons. The number of hydrogen-bond donors (Lipinski definition) is 1. The largest absolute Gasteiger partial charge is 0.497 e. The average molecular weight is 399 g/mol. The second kappa shape index (κ2) is 6.72. The third kappa shape index (κ3) is 3.07. The highest BCUT2D eigenvalue weighted by Crippen LogP contribution is 2.32. The number of rotatable bonds is 3. The number of nitrogens with one attached hydrogen (secondary N) is 1. The van der Waals surface area contributed by atoms with E-state index in [0.29, 0.717) is 26.7 Å². The molecule has 5 nitrogen and oxygen atoms in total. The van der Waals surface area contributed by atoms with E-state index in [9.17, 15) is 9.59 Å². The van der Waals surface area contributed by atoms with Gasteiger partial charge in [-0.2, -0.15) is 0 Å². The number of aryl methyl sites for hydroxylation is 1. The fourth-order valence-electron chi connectivity index (χ4n) is 3.02. The molecule has 0 saturated carbocycles. The number of pyridine rings is 1. The molecule has 4 aromatic rings. The normalized spacial score (nSPS) is 11.1. The lowest BCUT2D eigenvalue weighted by Gasteiger charge is -2.06. The van der Waals surface area contributed by atoms with Crippen LogP contribution in [0, 0.1) is 0 Å². The van der Waals surface area contributed by atoms with Crippen LogP contribution in [0.3, 0.4) is 0 Å². The molecule has 2 heterocycles. The number of amides is 1. The molecule has 2 aromatic carbocycles. The summed E-state index contributed by atoms with van der Waals surface area (Å²) in [4.78, 5) is 25.9. The Morgan fingerprint density at radius 1 is 1.15 bits per heavy atom. The summed E-state index contributed by atoms with van der Waals surface area (Å²) in [6, 6.07) is 14.2. The first kappa shape index (κ1) is 17.6. The number of halogens is 1. The summed E-state index contributed by atoms with van der Waals surface area (Å²) in [7, 11) is 3.27. The predicted molar refractivity (Wildman–Crippen MR) is 111 cm³/mol. The molecule has 4 rings (SSSR count). The average Bonchev–Trinajstić information content (AvgIpc) is 3.12. The zero-order valence-corrected chi connectivity index (χ0v) is 16.1. The summed E-state index contributed by atoms with van der Waals surface area (Å²) in [5.74, 6) is 0.384. The number of fused-ring (bicyclic) bond motifs is 3. The number of anilines is 1. The van der Waals surface area contributed by atoms with Crippen LogP contribution in [-0.4, -0.2) is 17.6 Å². The van der Waals surface area contributed by atoms with Gasteiger partial charge in [-0.15, -0.1) is 11.3 Å². The van der Waals surface area contributed by atoms with E-state index in [1.165, 1.54) is 11.3 Å². The minimum absolute atomic E-state index is 0.156. The number of nitrogens with zero attached hydrogens (tertiary/aromatic N) is 1. The fraction of sp³-hybridized carbons (Fsp3) is 0.100. The molecule has 0 atom stereocenters. The zero-order chi connectivity index (χ0) is 19.1. The number of thiophene rings is 1. The van der Waals surface area contributed by atoms with Crippen molar-refractivity contribution in [3.63, 3.8) is 0 Å². The predicted octanol–water partition coefficient (Wildman–Crippen LogP) is 4.67. The number of methoxy groups -OCH3 is 1. The molecule has 0 bridgehead atoms. The minimum Gasteiger partial charge on any atom is -0.497 e. The molecule has 1 amide bonds. The first-order chi connectivity index (χ1) is 13.0. The molecule has 0 saturated heterocycles. The Balaban J connectivity index is 1.81. The highest BCUT2D eigenvalue weighted by atomic mass is 35.5. The second-order valence-corrected chi connectivity index (χ2v) is 7.55. The number of carbonyl (C=O) groups excluding carboxylic acids is 1. The van der Waals surface area contributed by atoms with E-state index in [2.05, 4.69) is 5.32 Å². The van der Waals surface area contributed by atoms with Gasteiger partial charge in [-0.3, -0.25) is 9.59 Å². The SMILES string of the molecule is COc1cccc(NC(=O)c2cc3c(=O)n(C)c4cc(Cl)ccc4c3s2)c1. The van der Waals surface area contributed by atoms with Gasteiger partial charge in [0.15, 0.2) is 0 Å². The highest BCUT2D eigenvalue weighted by molar-refractivity contribution is 7.21. The summed E-state index contributed by atoms with van der Waals surface area (Å²) in [5, 5.41) is 4.82. The van der Waals surface area contributed by atoms with Crippen LogP contribution in [0.25, 0.3) is 21.0 Å². The van der Waals surface area contributed by atoms with Crippen molar-refractivity contribution >= 4 is 55.5 Å². The van der Waals surface area contributed by atoms with Gasteiger partial charge < -0.3 is 14.6 Å². The summed E-state index contributed by atoms with van der Waals surface area (Å²) in [6.07, 6.45) is 0. The lowest BCUT2D eigenvalue weighted by atomic mass is 10.1. The quantitative estimate of drug-likeness (QED) is 0.545. The van der Waals surface area contributed by atoms with E-state index in [1.807, 2.05) is 6.07 Å². The lowest BCUT2D eigenvalue weighted by molar-refractivity contribution is 0.103. The van der Waals surface area contributed by atoms with Crippen molar-refractivity contribution in [1.29, 1.82) is 0 Å². The lowest BCUT2D eigenvalue weighted by Crippen LogP contribution is -2.16. The van der Waals surface area contributed by atoms with Gasteiger partial charge in [0, 0.05) is 33.9 Å². The minimum atomic E-state index is -0.270. The van der Waals surface area contributed by atoms with Crippen molar-refractivity contribution < 1.29 is 9.53 Å².